The standard InChI is InChI=1S/C14H22BrNO/c1-10(2)3-8-14(17)13(9-16)11-4-6-12(15)7-5-11/h4-7,10,13-14,17H,3,8-9,16H2,1-2H3. The Labute approximate surface area is 112 Å². The molecule has 2 nitrogen and oxygen atoms in total. The molecule has 0 aromatic heterocycles. The molecule has 2 atom stereocenters. The second-order valence-corrected chi connectivity index (χ2v) is 5.85. The van der Waals surface area contributed by atoms with E-state index in [1.807, 2.05) is 24.3 Å². The van der Waals surface area contributed by atoms with Crippen LogP contribution in [0, 0.1) is 5.92 Å². The third-order valence-electron chi connectivity index (χ3n) is 3.06. The van der Waals surface area contributed by atoms with Gasteiger partial charge in [0.2, 0.25) is 0 Å². The summed E-state index contributed by atoms with van der Waals surface area (Å²) in [7, 11) is 0. The number of hydrogen-bond acceptors (Lipinski definition) is 2. The van der Waals surface area contributed by atoms with Crippen molar-refractivity contribution in [2.24, 2.45) is 11.7 Å². The number of aliphatic hydroxyl groups excluding tert-OH is 1. The third kappa shape index (κ3) is 4.78. The molecule has 0 saturated carbocycles. The largest absolute Gasteiger partial charge is 0.392 e. The van der Waals surface area contributed by atoms with Crippen molar-refractivity contribution in [3.63, 3.8) is 0 Å². The zero-order chi connectivity index (χ0) is 12.8. The second kappa shape index (κ2) is 7.14. The summed E-state index contributed by atoms with van der Waals surface area (Å²) in [5, 5.41) is 10.2. The van der Waals surface area contributed by atoms with E-state index >= 15 is 0 Å². The van der Waals surface area contributed by atoms with Gasteiger partial charge >= 0.3 is 0 Å². The topological polar surface area (TPSA) is 46.2 Å². The van der Waals surface area contributed by atoms with E-state index in [0.29, 0.717) is 12.5 Å². The molecule has 17 heavy (non-hydrogen) atoms. The van der Waals surface area contributed by atoms with Crippen LogP contribution >= 0.6 is 15.9 Å². The van der Waals surface area contributed by atoms with Crippen molar-refractivity contribution in [3.8, 4) is 0 Å². The molecule has 0 aliphatic carbocycles. The molecule has 0 amide bonds. The summed E-state index contributed by atoms with van der Waals surface area (Å²) in [6.07, 6.45) is 1.51. The molecule has 3 N–H and O–H groups in total. The van der Waals surface area contributed by atoms with Crippen molar-refractivity contribution >= 4 is 15.9 Å². The van der Waals surface area contributed by atoms with Crippen LogP contribution < -0.4 is 5.73 Å². The summed E-state index contributed by atoms with van der Waals surface area (Å²) in [6.45, 7) is 4.83. The lowest BCUT2D eigenvalue weighted by Crippen LogP contribution is -2.26. The molecule has 0 fully saturated rings. The van der Waals surface area contributed by atoms with Gasteiger partial charge in [-0.1, -0.05) is 41.9 Å². The Kier molecular flexibility index (Phi) is 6.17. The monoisotopic (exact) mass is 299 g/mol. The van der Waals surface area contributed by atoms with Crippen LogP contribution in [0.4, 0.5) is 0 Å². The average Bonchev–Trinajstić information content (AvgIpc) is 2.30. The van der Waals surface area contributed by atoms with Crippen molar-refractivity contribution < 1.29 is 5.11 Å². The van der Waals surface area contributed by atoms with Gasteiger partial charge in [-0.15, -0.1) is 0 Å². The van der Waals surface area contributed by atoms with E-state index in [0.717, 1.165) is 22.9 Å². The normalized spacial score (nSPS) is 14.9. The van der Waals surface area contributed by atoms with Gasteiger partial charge < -0.3 is 10.8 Å². The van der Waals surface area contributed by atoms with Gasteiger partial charge in [-0.05, 0) is 36.5 Å². The maximum Gasteiger partial charge on any atom is 0.0621 e. The van der Waals surface area contributed by atoms with E-state index in [2.05, 4.69) is 29.8 Å². The molecular weight excluding hydrogens is 278 g/mol. The smallest absolute Gasteiger partial charge is 0.0621 e. The molecule has 1 aromatic carbocycles. The number of hydrogen-bond donors (Lipinski definition) is 2. The number of aliphatic hydroxyl groups is 1. The van der Waals surface area contributed by atoms with Crippen LogP contribution in [0.1, 0.15) is 38.2 Å². The zero-order valence-corrected chi connectivity index (χ0v) is 12.2. The van der Waals surface area contributed by atoms with Crippen LogP contribution in [-0.4, -0.2) is 17.8 Å². The van der Waals surface area contributed by atoms with Gasteiger partial charge in [-0.3, -0.25) is 0 Å². The summed E-state index contributed by atoms with van der Waals surface area (Å²) in [4.78, 5) is 0. The summed E-state index contributed by atoms with van der Waals surface area (Å²) >= 11 is 3.41. The Balaban J connectivity index is 2.66. The molecule has 0 aliphatic heterocycles. The third-order valence-corrected chi connectivity index (χ3v) is 3.59. The molecular formula is C14H22BrNO. The lowest BCUT2D eigenvalue weighted by molar-refractivity contribution is 0.129. The van der Waals surface area contributed by atoms with E-state index in [-0.39, 0.29) is 12.0 Å². The quantitative estimate of drug-likeness (QED) is 0.847. The van der Waals surface area contributed by atoms with Crippen molar-refractivity contribution in [1.29, 1.82) is 0 Å². The number of halogens is 1. The number of benzene rings is 1. The Morgan fingerprint density at radius 2 is 1.76 bits per heavy atom. The zero-order valence-electron chi connectivity index (χ0n) is 10.6. The second-order valence-electron chi connectivity index (χ2n) is 4.93. The fourth-order valence-electron chi connectivity index (χ4n) is 1.93. The molecule has 1 aromatic rings. The minimum absolute atomic E-state index is 0.0434. The Morgan fingerprint density at radius 1 is 1.18 bits per heavy atom. The first-order valence-electron chi connectivity index (χ1n) is 6.18. The molecule has 1 rings (SSSR count). The maximum atomic E-state index is 10.2. The average molecular weight is 300 g/mol. The van der Waals surface area contributed by atoms with Crippen LogP contribution in [0.3, 0.4) is 0 Å². The summed E-state index contributed by atoms with van der Waals surface area (Å²) in [5.41, 5.74) is 6.90. The fourth-order valence-corrected chi connectivity index (χ4v) is 2.19. The van der Waals surface area contributed by atoms with Gasteiger partial charge in [0.05, 0.1) is 6.10 Å². The molecule has 0 saturated heterocycles. The van der Waals surface area contributed by atoms with Gasteiger partial charge in [0.15, 0.2) is 0 Å². The first kappa shape index (κ1) is 14.7. The highest BCUT2D eigenvalue weighted by molar-refractivity contribution is 9.10. The van der Waals surface area contributed by atoms with Crippen molar-refractivity contribution in [1.82, 2.24) is 0 Å². The molecule has 3 heteroatoms. The van der Waals surface area contributed by atoms with Crippen LogP contribution in [0.15, 0.2) is 28.7 Å². The van der Waals surface area contributed by atoms with Crippen LogP contribution in [0.25, 0.3) is 0 Å². The summed E-state index contributed by atoms with van der Waals surface area (Å²) < 4.78 is 1.05. The lowest BCUT2D eigenvalue weighted by atomic mass is 9.89. The summed E-state index contributed by atoms with van der Waals surface area (Å²) in [5.74, 6) is 0.662. The SMILES string of the molecule is CC(C)CCC(O)C(CN)c1ccc(Br)cc1. The number of nitrogens with two attached hydrogens (primary N) is 1. The highest BCUT2D eigenvalue weighted by atomic mass is 79.9. The summed E-state index contributed by atoms with van der Waals surface area (Å²) in [6, 6.07) is 8.04. The Morgan fingerprint density at radius 3 is 2.24 bits per heavy atom. The maximum absolute atomic E-state index is 10.2. The van der Waals surface area contributed by atoms with Gasteiger partial charge in [-0.2, -0.15) is 0 Å². The van der Waals surface area contributed by atoms with Crippen LogP contribution in [0.2, 0.25) is 0 Å². The molecule has 2 unspecified atom stereocenters. The highest BCUT2D eigenvalue weighted by Crippen LogP contribution is 2.24. The van der Waals surface area contributed by atoms with Crippen molar-refractivity contribution in [3.05, 3.63) is 34.3 Å². The predicted molar refractivity (Wildman–Crippen MR) is 76.0 cm³/mol. The predicted octanol–water partition coefficient (Wildman–Crippen LogP) is 3.29. The van der Waals surface area contributed by atoms with Gasteiger partial charge in [-0.25, -0.2) is 0 Å². The molecule has 0 heterocycles. The first-order valence-corrected chi connectivity index (χ1v) is 6.97. The lowest BCUT2D eigenvalue weighted by Gasteiger charge is -2.22. The van der Waals surface area contributed by atoms with Gasteiger partial charge in [0.25, 0.3) is 0 Å². The van der Waals surface area contributed by atoms with Crippen molar-refractivity contribution in [2.75, 3.05) is 6.54 Å². The number of rotatable bonds is 6. The molecule has 96 valence electrons. The Hall–Kier alpha value is -0.380. The first-order chi connectivity index (χ1) is 8.04. The van der Waals surface area contributed by atoms with E-state index in [1.165, 1.54) is 0 Å². The minimum Gasteiger partial charge on any atom is -0.392 e. The van der Waals surface area contributed by atoms with Crippen molar-refractivity contribution in [2.45, 2.75) is 38.7 Å². The molecule has 0 aliphatic rings. The van der Waals surface area contributed by atoms with Gasteiger partial charge in [0, 0.05) is 16.9 Å². The molecule has 0 radical (unpaired) electrons. The molecule has 0 spiro atoms. The molecule has 0 bridgehead atoms. The van der Waals surface area contributed by atoms with Crippen LogP contribution in [0.5, 0.6) is 0 Å². The van der Waals surface area contributed by atoms with E-state index in [1.54, 1.807) is 0 Å². The highest BCUT2D eigenvalue weighted by Gasteiger charge is 2.19. The van der Waals surface area contributed by atoms with Gasteiger partial charge in [0.1, 0.15) is 0 Å². The van der Waals surface area contributed by atoms with E-state index < -0.39 is 0 Å². The van der Waals surface area contributed by atoms with Crippen LogP contribution in [-0.2, 0) is 0 Å². The van der Waals surface area contributed by atoms with E-state index in [9.17, 15) is 5.11 Å². The Bertz CT molecular complexity index is 323. The minimum atomic E-state index is -0.344. The fraction of sp³-hybridized carbons (Fsp3) is 0.571. The van der Waals surface area contributed by atoms with E-state index in [4.69, 9.17) is 5.73 Å².